The predicted molar refractivity (Wildman–Crippen MR) is 83.4 cm³/mol. The Hall–Kier alpha value is -0.730. The molecule has 1 atom stereocenters. The third-order valence-electron chi connectivity index (χ3n) is 4.47. The minimum absolute atomic E-state index is 0.0819. The molecule has 0 radical (unpaired) electrons. The summed E-state index contributed by atoms with van der Waals surface area (Å²) in [7, 11) is -0.896. The van der Waals surface area contributed by atoms with Crippen LogP contribution in [0.5, 0.6) is 0 Å². The minimum atomic E-state index is -2.85. The Bertz CT molecular complexity index is 677. The summed E-state index contributed by atoms with van der Waals surface area (Å²) in [5, 5.41) is 4.64. The normalized spacial score (nSPS) is 25.0. The van der Waals surface area contributed by atoms with Crippen LogP contribution in [0.3, 0.4) is 0 Å². The van der Waals surface area contributed by atoms with Gasteiger partial charge in [0.15, 0.2) is 14.6 Å². The van der Waals surface area contributed by atoms with Crippen molar-refractivity contribution >= 4 is 22.1 Å². The molecule has 6 nitrogen and oxygen atoms in total. The van der Waals surface area contributed by atoms with E-state index in [1.807, 2.05) is 11.7 Å². The topological polar surface area (TPSA) is 60.1 Å². The van der Waals surface area contributed by atoms with E-state index in [4.69, 9.17) is 12.2 Å². The van der Waals surface area contributed by atoms with E-state index in [1.165, 1.54) is 12.8 Å². The number of hydrogen-bond acceptors (Lipinski definition) is 5. The first kappa shape index (κ1) is 15.2. The highest BCUT2D eigenvalue weighted by molar-refractivity contribution is 7.91. The number of hydrogen-bond donors (Lipinski definition) is 0. The van der Waals surface area contributed by atoms with Crippen molar-refractivity contribution < 1.29 is 8.42 Å². The van der Waals surface area contributed by atoms with E-state index in [0.29, 0.717) is 18.8 Å². The highest BCUT2D eigenvalue weighted by Gasteiger charge is 2.31. The summed E-state index contributed by atoms with van der Waals surface area (Å²) >= 11 is 5.53. The Labute approximate surface area is 130 Å². The quantitative estimate of drug-likeness (QED) is 0.780. The molecule has 3 heterocycles. The van der Waals surface area contributed by atoms with Crippen LogP contribution in [0.15, 0.2) is 0 Å². The standard InChI is InChI=1S/C13H22N4O2S2/c1-15(11-6-8-21(18,19)9-11)10-17-13(20)16-7-4-2-3-5-12(16)14-17/h11H,2-10H2,1H3/t11-/m1/s1. The minimum Gasteiger partial charge on any atom is -0.304 e. The molecule has 2 aliphatic rings. The summed E-state index contributed by atoms with van der Waals surface area (Å²) in [5.41, 5.74) is 0. The monoisotopic (exact) mass is 330 g/mol. The summed E-state index contributed by atoms with van der Waals surface area (Å²) in [6, 6.07) is 0.0819. The predicted octanol–water partition coefficient (Wildman–Crippen LogP) is 1.22. The Balaban J connectivity index is 1.75. The first-order valence-corrected chi connectivity index (χ1v) is 9.76. The summed E-state index contributed by atoms with van der Waals surface area (Å²) < 4.78 is 27.9. The Morgan fingerprint density at radius 1 is 1.38 bits per heavy atom. The van der Waals surface area contributed by atoms with Crippen molar-refractivity contribution in [2.75, 3.05) is 18.6 Å². The molecule has 0 aliphatic carbocycles. The fourth-order valence-electron chi connectivity index (χ4n) is 3.17. The van der Waals surface area contributed by atoms with Crippen LogP contribution in [0.4, 0.5) is 0 Å². The van der Waals surface area contributed by atoms with Crippen molar-refractivity contribution in [3.63, 3.8) is 0 Å². The van der Waals surface area contributed by atoms with Crippen LogP contribution < -0.4 is 0 Å². The molecule has 1 fully saturated rings. The van der Waals surface area contributed by atoms with Gasteiger partial charge in [0, 0.05) is 19.0 Å². The van der Waals surface area contributed by atoms with Crippen LogP contribution in [0.1, 0.15) is 31.5 Å². The Morgan fingerprint density at radius 3 is 2.90 bits per heavy atom. The highest BCUT2D eigenvalue weighted by Crippen LogP contribution is 2.18. The second-order valence-electron chi connectivity index (χ2n) is 6.12. The van der Waals surface area contributed by atoms with Crippen LogP contribution >= 0.6 is 12.2 Å². The number of rotatable bonds is 3. The molecule has 0 N–H and O–H groups in total. The van der Waals surface area contributed by atoms with Gasteiger partial charge in [-0.1, -0.05) is 6.42 Å². The van der Waals surface area contributed by atoms with E-state index in [1.54, 1.807) is 0 Å². The van der Waals surface area contributed by atoms with Gasteiger partial charge in [0.2, 0.25) is 0 Å². The molecule has 0 spiro atoms. The maximum Gasteiger partial charge on any atom is 0.199 e. The van der Waals surface area contributed by atoms with Crippen molar-refractivity contribution in [1.82, 2.24) is 19.2 Å². The lowest BCUT2D eigenvalue weighted by Gasteiger charge is -2.22. The van der Waals surface area contributed by atoms with E-state index in [-0.39, 0.29) is 11.8 Å². The lowest BCUT2D eigenvalue weighted by Crippen LogP contribution is -2.34. The second kappa shape index (κ2) is 5.81. The summed E-state index contributed by atoms with van der Waals surface area (Å²) in [6.45, 7) is 1.52. The second-order valence-corrected chi connectivity index (χ2v) is 8.71. The average Bonchev–Trinajstić information content (AvgIpc) is 2.82. The summed E-state index contributed by atoms with van der Waals surface area (Å²) in [5.74, 6) is 1.63. The van der Waals surface area contributed by atoms with Gasteiger partial charge in [-0.2, -0.15) is 5.10 Å². The largest absolute Gasteiger partial charge is 0.304 e. The molecule has 21 heavy (non-hydrogen) atoms. The van der Waals surface area contributed by atoms with Crippen molar-refractivity contribution in [2.45, 2.75) is 51.4 Å². The molecule has 0 aromatic carbocycles. The molecule has 1 saturated heterocycles. The van der Waals surface area contributed by atoms with Crippen LogP contribution in [0, 0.1) is 4.77 Å². The van der Waals surface area contributed by atoms with Crippen LogP contribution in [-0.4, -0.2) is 52.3 Å². The maximum atomic E-state index is 11.6. The van der Waals surface area contributed by atoms with Gasteiger partial charge in [-0.25, -0.2) is 13.1 Å². The zero-order valence-corrected chi connectivity index (χ0v) is 14.0. The zero-order valence-electron chi connectivity index (χ0n) is 12.4. The lowest BCUT2D eigenvalue weighted by molar-refractivity contribution is 0.196. The van der Waals surface area contributed by atoms with Crippen molar-refractivity contribution in [3.05, 3.63) is 10.6 Å². The van der Waals surface area contributed by atoms with Gasteiger partial charge in [0.25, 0.3) is 0 Å². The van der Waals surface area contributed by atoms with Gasteiger partial charge >= 0.3 is 0 Å². The van der Waals surface area contributed by atoms with Crippen LogP contribution in [0.2, 0.25) is 0 Å². The molecule has 8 heteroatoms. The zero-order chi connectivity index (χ0) is 15.0. The van der Waals surface area contributed by atoms with Gasteiger partial charge in [-0.3, -0.25) is 4.90 Å². The number of nitrogens with zero attached hydrogens (tertiary/aromatic N) is 4. The molecular weight excluding hydrogens is 308 g/mol. The van der Waals surface area contributed by atoms with Gasteiger partial charge in [0.05, 0.1) is 18.2 Å². The molecule has 1 aromatic rings. The molecule has 0 saturated carbocycles. The molecule has 118 valence electrons. The first-order valence-electron chi connectivity index (χ1n) is 7.53. The number of aromatic nitrogens is 3. The van der Waals surface area contributed by atoms with E-state index in [9.17, 15) is 8.42 Å². The molecule has 2 aliphatic heterocycles. The molecule has 3 rings (SSSR count). The Morgan fingerprint density at radius 2 is 2.19 bits per heavy atom. The molecule has 0 amide bonds. The van der Waals surface area contributed by atoms with Gasteiger partial charge in [0.1, 0.15) is 5.82 Å². The lowest BCUT2D eigenvalue weighted by atomic mass is 10.2. The van der Waals surface area contributed by atoms with Crippen molar-refractivity contribution in [3.8, 4) is 0 Å². The Kier molecular flexibility index (Phi) is 4.20. The maximum absolute atomic E-state index is 11.6. The molecule has 0 unspecified atom stereocenters. The average molecular weight is 330 g/mol. The van der Waals surface area contributed by atoms with E-state index in [0.717, 1.165) is 30.0 Å². The fraction of sp³-hybridized carbons (Fsp3) is 0.846. The van der Waals surface area contributed by atoms with Crippen molar-refractivity contribution in [1.29, 1.82) is 0 Å². The summed E-state index contributed by atoms with van der Waals surface area (Å²) in [6.07, 6.45) is 5.25. The van der Waals surface area contributed by atoms with Crippen LogP contribution in [0.25, 0.3) is 0 Å². The van der Waals surface area contributed by atoms with Gasteiger partial charge in [-0.05, 0) is 38.5 Å². The van der Waals surface area contributed by atoms with E-state index >= 15 is 0 Å². The van der Waals surface area contributed by atoms with Crippen molar-refractivity contribution in [2.24, 2.45) is 0 Å². The summed E-state index contributed by atoms with van der Waals surface area (Å²) in [4.78, 5) is 2.06. The highest BCUT2D eigenvalue weighted by atomic mass is 32.2. The molecule has 0 bridgehead atoms. The first-order chi connectivity index (χ1) is 9.96. The van der Waals surface area contributed by atoms with Gasteiger partial charge in [-0.15, -0.1) is 0 Å². The number of aryl methyl sites for hydroxylation is 1. The fourth-order valence-corrected chi connectivity index (χ4v) is 5.27. The van der Waals surface area contributed by atoms with Gasteiger partial charge < -0.3 is 4.57 Å². The third-order valence-corrected chi connectivity index (χ3v) is 6.65. The van der Waals surface area contributed by atoms with E-state index < -0.39 is 9.84 Å². The van der Waals surface area contributed by atoms with Crippen LogP contribution in [-0.2, 0) is 29.5 Å². The molecular formula is C13H22N4O2S2. The van der Waals surface area contributed by atoms with E-state index in [2.05, 4.69) is 14.6 Å². The smallest absolute Gasteiger partial charge is 0.199 e. The number of sulfone groups is 1. The number of fused-ring (bicyclic) bond motifs is 1. The third kappa shape index (κ3) is 3.22. The molecule has 1 aromatic heterocycles. The SMILES string of the molecule is CN(Cn1nc2n(c1=S)CCCCC2)[C@@H]1CCS(=O)(=O)C1.